The Bertz CT molecular complexity index is 811. The summed E-state index contributed by atoms with van der Waals surface area (Å²) in [6, 6.07) is 17.8. The lowest BCUT2D eigenvalue weighted by atomic mass is 9.95. The minimum atomic E-state index is -0.218. The second-order valence-electron chi connectivity index (χ2n) is 5.02. The SMILES string of the molecule is Cc1ccc(C(Br)c2cccc(Br)c2F)c2ccccc12. The van der Waals surface area contributed by atoms with Gasteiger partial charge in [-0.3, -0.25) is 0 Å². The van der Waals surface area contributed by atoms with Crippen molar-refractivity contribution in [3.05, 3.63) is 81.6 Å². The maximum Gasteiger partial charge on any atom is 0.142 e. The van der Waals surface area contributed by atoms with E-state index in [0.29, 0.717) is 10.0 Å². The molecule has 3 heteroatoms. The molecule has 3 aromatic rings. The third-order valence-corrected chi connectivity index (χ3v) is 5.30. The van der Waals surface area contributed by atoms with Crippen molar-refractivity contribution in [2.24, 2.45) is 0 Å². The van der Waals surface area contributed by atoms with Gasteiger partial charge in [0.25, 0.3) is 0 Å². The summed E-state index contributed by atoms with van der Waals surface area (Å²) < 4.78 is 14.8. The highest BCUT2D eigenvalue weighted by Gasteiger charge is 2.18. The monoisotopic (exact) mass is 406 g/mol. The lowest BCUT2D eigenvalue weighted by Crippen LogP contribution is -1.99. The van der Waals surface area contributed by atoms with Crippen LogP contribution in [0.25, 0.3) is 10.8 Å². The number of hydrogen-bond donors (Lipinski definition) is 0. The molecule has 21 heavy (non-hydrogen) atoms. The molecule has 0 fully saturated rings. The van der Waals surface area contributed by atoms with Gasteiger partial charge in [0.1, 0.15) is 5.82 Å². The fourth-order valence-corrected chi connectivity index (χ4v) is 3.71. The summed E-state index contributed by atoms with van der Waals surface area (Å²) in [5.41, 5.74) is 2.94. The van der Waals surface area contributed by atoms with Crippen molar-refractivity contribution in [3.8, 4) is 0 Å². The molecule has 106 valence electrons. The zero-order valence-electron chi connectivity index (χ0n) is 11.4. The van der Waals surface area contributed by atoms with Gasteiger partial charge in [-0.05, 0) is 50.8 Å². The number of halogens is 3. The molecule has 0 N–H and O–H groups in total. The van der Waals surface area contributed by atoms with E-state index in [9.17, 15) is 4.39 Å². The maximum atomic E-state index is 14.3. The number of alkyl halides is 1. The topological polar surface area (TPSA) is 0 Å². The molecule has 0 heterocycles. The van der Waals surface area contributed by atoms with E-state index in [1.165, 1.54) is 10.9 Å². The van der Waals surface area contributed by atoms with E-state index in [2.05, 4.69) is 63.0 Å². The Morgan fingerprint density at radius 1 is 0.857 bits per heavy atom. The molecule has 0 aromatic heterocycles. The normalized spacial score (nSPS) is 12.6. The van der Waals surface area contributed by atoms with E-state index >= 15 is 0 Å². The highest BCUT2D eigenvalue weighted by molar-refractivity contribution is 9.10. The molecule has 0 saturated heterocycles. The van der Waals surface area contributed by atoms with Crippen LogP contribution in [0.15, 0.2) is 59.1 Å². The van der Waals surface area contributed by atoms with Crippen molar-refractivity contribution >= 4 is 42.6 Å². The van der Waals surface area contributed by atoms with E-state index in [0.717, 1.165) is 10.9 Å². The van der Waals surface area contributed by atoms with Gasteiger partial charge >= 0.3 is 0 Å². The first-order chi connectivity index (χ1) is 10.1. The van der Waals surface area contributed by atoms with Gasteiger partial charge in [0.05, 0.1) is 9.30 Å². The van der Waals surface area contributed by atoms with Gasteiger partial charge in [-0.15, -0.1) is 0 Å². The highest BCUT2D eigenvalue weighted by atomic mass is 79.9. The molecular weight excluding hydrogens is 395 g/mol. The number of hydrogen-bond acceptors (Lipinski definition) is 0. The number of benzene rings is 3. The van der Waals surface area contributed by atoms with Crippen LogP contribution in [0.2, 0.25) is 0 Å². The minimum absolute atomic E-state index is 0.180. The molecule has 0 spiro atoms. The van der Waals surface area contributed by atoms with Crippen molar-refractivity contribution < 1.29 is 4.39 Å². The molecule has 0 radical (unpaired) electrons. The van der Waals surface area contributed by atoms with E-state index in [4.69, 9.17) is 0 Å². The lowest BCUT2D eigenvalue weighted by molar-refractivity contribution is 0.607. The van der Waals surface area contributed by atoms with Crippen LogP contribution in [-0.2, 0) is 0 Å². The van der Waals surface area contributed by atoms with Gasteiger partial charge in [-0.25, -0.2) is 4.39 Å². The summed E-state index contributed by atoms with van der Waals surface area (Å²) in [5, 5.41) is 2.36. The predicted molar refractivity (Wildman–Crippen MR) is 93.6 cm³/mol. The van der Waals surface area contributed by atoms with Crippen LogP contribution >= 0.6 is 31.9 Å². The van der Waals surface area contributed by atoms with Crippen LogP contribution in [-0.4, -0.2) is 0 Å². The van der Waals surface area contributed by atoms with Crippen molar-refractivity contribution in [3.63, 3.8) is 0 Å². The molecular formula is C18H13Br2F. The summed E-state index contributed by atoms with van der Waals surface area (Å²) in [7, 11) is 0. The molecule has 1 unspecified atom stereocenters. The van der Waals surface area contributed by atoms with Gasteiger partial charge < -0.3 is 0 Å². The first-order valence-electron chi connectivity index (χ1n) is 6.66. The van der Waals surface area contributed by atoms with Crippen molar-refractivity contribution in [1.29, 1.82) is 0 Å². The van der Waals surface area contributed by atoms with Crippen LogP contribution in [0.5, 0.6) is 0 Å². The van der Waals surface area contributed by atoms with Gasteiger partial charge in [-0.1, -0.05) is 64.5 Å². The van der Waals surface area contributed by atoms with Crippen LogP contribution in [0.3, 0.4) is 0 Å². The average molecular weight is 408 g/mol. The van der Waals surface area contributed by atoms with Gasteiger partial charge in [-0.2, -0.15) is 0 Å². The molecule has 0 aliphatic carbocycles. The van der Waals surface area contributed by atoms with Gasteiger partial charge in [0, 0.05) is 5.56 Å². The third-order valence-electron chi connectivity index (χ3n) is 3.70. The van der Waals surface area contributed by atoms with Crippen molar-refractivity contribution in [2.75, 3.05) is 0 Å². The summed E-state index contributed by atoms with van der Waals surface area (Å²) in [4.78, 5) is -0.180. The highest BCUT2D eigenvalue weighted by Crippen LogP contribution is 2.38. The first kappa shape index (κ1) is 14.7. The lowest BCUT2D eigenvalue weighted by Gasteiger charge is -2.16. The van der Waals surface area contributed by atoms with Crippen molar-refractivity contribution in [2.45, 2.75) is 11.8 Å². The summed E-state index contributed by atoms with van der Waals surface area (Å²) in [5.74, 6) is -0.218. The molecule has 0 amide bonds. The first-order valence-corrected chi connectivity index (χ1v) is 8.36. The molecule has 0 aliphatic rings. The predicted octanol–water partition coefficient (Wildman–Crippen LogP) is 6.53. The van der Waals surface area contributed by atoms with Crippen LogP contribution in [0.4, 0.5) is 4.39 Å². The Morgan fingerprint density at radius 2 is 1.57 bits per heavy atom. The van der Waals surface area contributed by atoms with E-state index < -0.39 is 0 Å². The van der Waals surface area contributed by atoms with Crippen LogP contribution in [0.1, 0.15) is 21.5 Å². The molecule has 3 rings (SSSR count). The van der Waals surface area contributed by atoms with Crippen LogP contribution in [0, 0.1) is 12.7 Å². The fourth-order valence-electron chi connectivity index (χ4n) is 2.58. The van der Waals surface area contributed by atoms with Gasteiger partial charge in [0.15, 0.2) is 0 Å². The number of aryl methyl sites for hydroxylation is 1. The molecule has 1 atom stereocenters. The Morgan fingerprint density at radius 3 is 2.33 bits per heavy atom. The van der Waals surface area contributed by atoms with E-state index in [1.54, 1.807) is 6.07 Å². The fraction of sp³-hybridized carbons (Fsp3) is 0.111. The van der Waals surface area contributed by atoms with E-state index in [-0.39, 0.29) is 10.6 Å². The Balaban J connectivity index is 2.21. The summed E-state index contributed by atoms with van der Waals surface area (Å²) in [6.45, 7) is 2.09. The Kier molecular flexibility index (Phi) is 4.14. The Hall–Kier alpha value is -1.19. The molecule has 0 bridgehead atoms. The molecule has 0 aliphatic heterocycles. The summed E-state index contributed by atoms with van der Waals surface area (Å²) in [6.07, 6.45) is 0. The minimum Gasteiger partial charge on any atom is -0.205 e. The third kappa shape index (κ3) is 2.65. The maximum absolute atomic E-state index is 14.3. The molecule has 3 aromatic carbocycles. The second-order valence-corrected chi connectivity index (χ2v) is 6.79. The standard InChI is InChI=1S/C18H13Br2F/c1-11-9-10-14(13-6-3-2-5-12(11)13)17(20)15-7-4-8-16(19)18(15)21/h2-10,17H,1H3. The van der Waals surface area contributed by atoms with Crippen molar-refractivity contribution in [1.82, 2.24) is 0 Å². The zero-order chi connectivity index (χ0) is 15.0. The largest absolute Gasteiger partial charge is 0.205 e. The summed E-state index contributed by atoms with van der Waals surface area (Å²) >= 11 is 6.92. The molecule has 0 nitrogen and oxygen atoms in total. The average Bonchev–Trinajstić information content (AvgIpc) is 2.50. The second kappa shape index (κ2) is 5.90. The van der Waals surface area contributed by atoms with Crippen LogP contribution < -0.4 is 0 Å². The smallest absolute Gasteiger partial charge is 0.142 e. The van der Waals surface area contributed by atoms with E-state index in [1.807, 2.05) is 24.3 Å². The quantitative estimate of drug-likeness (QED) is 0.423. The number of fused-ring (bicyclic) bond motifs is 1. The molecule has 0 saturated carbocycles. The Labute approximate surface area is 140 Å². The zero-order valence-corrected chi connectivity index (χ0v) is 14.6. The van der Waals surface area contributed by atoms with Gasteiger partial charge in [0.2, 0.25) is 0 Å². The number of rotatable bonds is 2.